The molecule has 0 spiro atoms. The summed E-state index contributed by atoms with van der Waals surface area (Å²) in [5.41, 5.74) is 2.50. The molecule has 10 heteroatoms. The van der Waals surface area contributed by atoms with E-state index in [2.05, 4.69) is 32.4 Å². The van der Waals surface area contributed by atoms with E-state index in [0.29, 0.717) is 50.2 Å². The summed E-state index contributed by atoms with van der Waals surface area (Å²) < 4.78 is 25.0. The molecule has 0 saturated carbocycles. The van der Waals surface area contributed by atoms with Crippen LogP contribution in [-0.2, 0) is 11.4 Å². The monoisotopic (exact) mass is 575 g/mol. The van der Waals surface area contributed by atoms with Gasteiger partial charge in [0.2, 0.25) is 5.91 Å². The molecule has 0 aliphatic carbocycles. The minimum atomic E-state index is -0.323. The van der Waals surface area contributed by atoms with Crippen molar-refractivity contribution in [3.63, 3.8) is 0 Å². The Morgan fingerprint density at radius 3 is 2.85 bits per heavy atom. The third-order valence-electron chi connectivity index (χ3n) is 6.99. The average molecular weight is 576 g/mol. The fourth-order valence-corrected chi connectivity index (χ4v) is 5.22. The maximum absolute atomic E-state index is 13.5. The molecule has 1 aromatic heterocycles. The van der Waals surface area contributed by atoms with E-state index in [-0.39, 0.29) is 24.4 Å². The first-order chi connectivity index (χ1) is 19.9. The molecule has 2 N–H and O–H groups in total. The molecule has 1 aliphatic heterocycles. The van der Waals surface area contributed by atoms with Gasteiger partial charge in [-0.3, -0.25) is 9.69 Å². The van der Waals surface area contributed by atoms with Gasteiger partial charge in [-0.05, 0) is 74.0 Å². The number of methoxy groups -OCH3 is 1. The second kappa shape index (κ2) is 13.0. The van der Waals surface area contributed by atoms with Crippen LogP contribution in [0.1, 0.15) is 25.3 Å². The van der Waals surface area contributed by atoms with Gasteiger partial charge < -0.3 is 20.1 Å². The number of hydrogen-bond acceptors (Lipinski definition) is 7. The van der Waals surface area contributed by atoms with Crippen molar-refractivity contribution in [2.24, 2.45) is 0 Å². The van der Waals surface area contributed by atoms with E-state index >= 15 is 0 Å². The van der Waals surface area contributed by atoms with E-state index in [1.807, 2.05) is 6.08 Å². The van der Waals surface area contributed by atoms with E-state index < -0.39 is 0 Å². The summed E-state index contributed by atoms with van der Waals surface area (Å²) in [4.78, 5) is 24.0. The van der Waals surface area contributed by atoms with Crippen molar-refractivity contribution in [2.45, 2.75) is 32.4 Å². The third-order valence-corrected chi connectivity index (χ3v) is 7.28. The Hall–Kier alpha value is -4.21. The normalized spacial score (nSPS) is 15.4. The first-order valence-corrected chi connectivity index (χ1v) is 13.8. The second-order valence-electron chi connectivity index (χ2n) is 9.64. The molecule has 1 saturated heterocycles. The standard InChI is InChI=1S/C31H31ClFN5O3/c1-3-38-15-5-8-23(38)10-14-28(39)37-26-12-11-25-29(30(26)40-2)31(35-19-34-25)36-22-9-13-27(24(32)17-22)41-18-20-6-4-7-21(33)16-20/h4,6-7,9-14,16-17,19,23H,3,5,8,15,18H2,1-2H3,(H,37,39)(H,34,35,36)/b14-10+/t23-/m1/s1. The zero-order valence-electron chi connectivity index (χ0n) is 22.9. The van der Waals surface area contributed by atoms with E-state index in [1.54, 1.807) is 48.5 Å². The molecular formula is C31H31ClFN5O3. The Kier molecular flexibility index (Phi) is 8.96. The Labute approximate surface area is 243 Å². The van der Waals surface area contributed by atoms with Crippen LogP contribution in [0.2, 0.25) is 5.02 Å². The molecule has 1 aliphatic rings. The van der Waals surface area contributed by atoms with Crippen LogP contribution in [0, 0.1) is 5.82 Å². The van der Waals surface area contributed by atoms with Crippen molar-refractivity contribution in [1.82, 2.24) is 14.9 Å². The molecule has 4 aromatic rings. The van der Waals surface area contributed by atoms with Crippen molar-refractivity contribution >= 4 is 45.6 Å². The summed E-state index contributed by atoms with van der Waals surface area (Å²) in [5, 5.41) is 7.19. The smallest absolute Gasteiger partial charge is 0.248 e. The third kappa shape index (κ3) is 6.75. The molecule has 1 fully saturated rings. The summed E-state index contributed by atoms with van der Waals surface area (Å²) in [7, 11) is 1.54. The Balaban J connectivity index is 1.34. The second-order valence-corrected chi connectivity index (χ2v) is 10.0. The van der Waals surface area contributed by atoms with Gasteiger partial charge in [0.15, 0.2) is 5.75 Å². The summed E-state index contributed by atoms with van der Waals surface area (Å²) in [6.45, 7) is 4.32. The van der Waals surface area contributed by atoms with Crippen LogP contribution >= 0.6 is 11.6 Å². The SMILES string of the molecule is CCN1CCC[C@@H]1/C=C/C(=O)Nc1ccc2ncnc(Nc3ccc(OCc4cccc(F)c4)c(Cl)c3)c2c1OC. The van der Waals surface area contributed by atoms with Crippen LogP contribution in [0.3, 0.4) is 0 Å². The summed E-state index contributed by atoms with van der Waals surface area (Å²) in [6.07, 6.45) is 7.18. The number of carbonyl (C=O) groups excluding carboxylic acids is 1. The van der Waals surface area contributed by atoms with Gasteiger partial charge in [0.1, 0.15) is 30.3 Å². The molecule has 2 heterocycles. The van der Waals surface area contributed by atoms with E-state index in [9.17, 15) is 9.18 Å². The molecule has 5 rings (SSSR count). The summed E-state index contributed by atoms with van der Waals surface area (Å²) >= 11 is 6.49. The number of benzene rings is 3. The fourth-order valence-electron chi connectivity index (χ4n) is 4.98. The molecule has 41 heavy (non-hydrogen) atoms. The average Bonchev–Trinajstić information content (AvgIpc) is 3.43. The number of ether oxygens (including phenoxy) is 2. The molecule has 0 bridgehead atoms. The molecule has 3 aromatic carbocycles. The number of nitrogens with one attached hydrogen (secondary N) is 2. The number of hydrogen-bond donors (Lipinski definition) is 2. The van der Waals surface area contributed by atoms with Crippen LogP contribution < -0.4 is 20.1 Å². The first-order valence-electron chi connectivity index (χ1n) is 13.4. The molecule has 212 valence electrons. The number of aromatic nitrogens is 2. The molecule has 0 unspecified atom stereocenters. The minimum Gasteiger partial charge on any atom is -0.494 e. The molecular weight excluding hydrogens is 545 g/mol. The van der Waals surface area contributed by atoms with Gasteiger partial charge in [-0.15, -0.1) is 0 Å². The van der Waals surface area contributed by atoms with Crippen LogP contribution in [0.25, 0.3) is 10.9 Å². The highest BCUT2D eigenvalue weighted by Gasteiger charge is 2.21. The van der Waals surface area contributed by atoms with Crippen molar-refractivity contribution in [3.05, 3.63) is 89.5 Å². The summed E-state index contributed by atoms with van der Waals surface area (Å²) in [5.74, 6) is 0.815. The first kappa shape index (κ1) is 28.3. The number of likely N-dealkylation sites (N-methyl/N-ethyl adjacent to an activating group) is 1. The number of carbonyl (C=O) groups is 1. The quantitative estimate of drug-likeness (QED) is 0.203. The lowest BCUT2D eigenvalue weighted by Gasteiger charge is -2.19. The van der Waals surface area contributed by atoms with Crippen molar-refractivity contribution < 1.29 is 18.7 Å². The highest BCUT2D eigenvalue weighted by atomic mass is 35.5. The Morgan fingerprint density at radius 1 is 1.20 bits per heavy atom. The predicted molar refractivity (Wildman–Crippen MR) is 160 cm³/mol. The van der Waals surface area contributed by atoms with Crippen LogP contribution in [0.5, 0.6) is 11.5 Å². The largest absolute Gasteiger partial charge is 0.494 e. The molecule has 1 atom stereocenters. The van der Waals surface area contributed by atoms with Crippen LogP contribution in [0.15, 0.2) is 73.1 Å². The lowest BCUT2D eigenvalue weighted by atomic mass is 10.1. The molecule has 8 nitrogen and oxygen atoms in total. The number of rotatable bonds is 10. The van der Waals surface area contributed by atoms with Gasteiger partial charge in [-0.2, -0.15) is 0 Å². The van der Waals surface area contributed by atoms with Crippen LogP contribution in [-0.4, -0.2) is 47.0 Å². The predicted octanol–water partition coefficient (Wildman–Crippen LogP) is 6.73. The number of nitrogens with zero attached hydrogens (tertiary/aromatic N) is 3. The fraction of sp³-hybridized carbons (Fsp3) is 0.258. The number of anilines is 3. The molecule has 0 radical (unpaired) electrons. The van der Waals surface area contributed by atoms with Crippen molar-refractivity contribution in [2.75, 3.05) is 30.8 Å². The number of amides is 1. The highest BCUT2D eigenvalue weighted by Crippen LogP contribution is 2.38. The van der Waals surface area contributed by atoms with E-state index in [0.717, 1.165) is 25.9 Å². The lowest BCUT2D eigenvalue weighted by Crippen LogP contribution is -2.27. The number of fused-ring (bicyclic) bond motifs is 1. The highest BCUT2D eigenvalue weighted by molar-refractivity contribution is 6.32. The van der Waals surface area contributed by atoms with Gasteiger partial charge in [0.05, 0.1) is 28.7 Å². The maximum Gasteiger partial charge on any atom is 0.248 e. The zero-order chi connectivity index (χ0) is 28.8. The maximum atomic E-state index is 13.5. The molecule has 1 amide bonds. The van der Waals surface area contributed by atoms with Gasteiger partial charge in [-0.1, -0.05) is 36.7 Å². The summed E-state index contributed by atoms with van der Waals surface area (Å²) in [6, 6.07) is 15.3. The van der Waals surface area contributed by atoms with Gasteiger partial charge >= 0.3 is 0 Å². The van der Waals surface area contributed by atoms with E-state index in [4.69, 9.17) is 21.1 Å². The van der Waals surface area contributed by atoms with Gasteiger partial charge in [0, 0.05) is 17.8 Å². The number of likely N-dealkylation sites (tertiary alicyclic amines) is 1. The topological polar surface area (TPSA) is 88.6 Å². The van der Waals surface area contributed by atoms with Gasteiger partial charge in [0.25, 0.3) is 0 Å². The zero-order valence-corrected chi connectivity index (χ0v) is 23.6. The van der Waals surface area contributed by atoms with Crippen LogP contribution in [0.4, 0.5) is 21.6 Å². The van der Waals surface area contributed by atoms with E-state index in [1.165, 1.54) is 25.6 Å². The van der Waals surface area contributed by atoms with Crippen molar-refractivity contribution in [1.29, 1.82) is 0 Å². The Bertz CT molecular complexity index is 1580. The Morgan fingerprint density at radius 2 is 2.07 bits per heavy atom. The van der Waals surface area contributed by atoms with Crippen molar-refractivity contribution in [3.8, 4) is 11.5 Å². The minimum absolute atomic E-state index is 0.180. The lowest BCUT2D eigenvalue weighted by molar-refractivity contribution is -0.112. The van der Waals surface area contributed by atoms with Gasteiger partial charge in [-0.25, -0.2) is 14.4 Å². The number of halogens is 2.